The molecule has 1 amide bonds. The highest BCUT2D eigenvalue weighted by atomic mass is 19.3. The average molecular weight is 365 g/mol. The van der Waals surface area contributed by atoms with Gasteiger partial charge in [0.1, 0.15) is 5.82 Å². The number of halogens is 2. The van der Waals surface area contributed by atoms with Crippen LogP contribution in [0.15, 0.2) is 66.7 Å². The van der Waals surface area contributed by atoms with E-state index in [4.69, 9.17) is 0 Å². The largest absolute Gasteiger partial charge is 0.334 e. The maximum atomic E-state index is 13.6. The molecule has 4 nitrogen and oxygen atoms in total. The lowest BCUT2D eigenvalue weighted by Gasteiger charge is -2.18. The molecule has 0 unspecified atom stereocenters. The molecular formula is C21H17F2N3O. The van der Waals surface area contributed by atoms with E-state index in [1.807, 2.05) is 36.4 Å². The molecule has 0 fully saturated rings. The maximum absolute atomic E-state index is 13.6. The van der Waals surface area contributed by atoms with Gasteiger partial charge in [0, 0.05) is 12.6 Å². The van der Waals surface area contributed by atoms with Crippen LogP contribution in [0.25, 0.3) is 21.8 Å². The van der Waals surface area contributed by atoms with Gasteiger partial charge in [-0.1, -0.05) is 42.5 Å². The number of amides is 1. The highest BCUT2D eigenvalue weighted by molar-refractivity contribution is 5.98. The van der Waals surface area contributed by atoms with Crippen molar-refractivity contribution in [1.29, 1.82) is 0 Å². The summed E-state index contributed by atoms with van der Waals surface area (Å²) in [5.74, 6) is -0.0866. The number of benzene rings is 3. The number of para-hydroxylation sites is 2. The van der Waals surface area contributed by atoms with E-state index < -0.39 is 6.55 Å². The van der Waals surface area contributed by atoms with E-state index in [9.17, 15) is 13.6 Å². The van der Waals surface area contributed by atoms with Crippen LogP contribution in [0.5, 0.6) is 0 Å². The van der Waals surface area contributed by atoms with E-state index in [-0.39, 0.29) is 18.3 Å². The minimum absolute atomic E-state index is 0.00925. The van der Waals surface area contributed by atoms with Crippen molar-refractivity contribution in [3.05, 3.63) is 78.1 Å². The van der Waals surface area contributed by atoms with Crippen molar-refractivity contribution >= 4 is 27.7 Å². The first kappa shape index (κ1) is 17.1. The van der Waals surface area contributed by atoms with Crippen LogP contribution in [0.1, 0.15) is 22.7 Å². The molecule has 1 aromatic heterocycles. The van der Waals surface area contributed by atoms with E-state index in [0.29, 0.717) is 16.6 Å². The third kappa shape index (κ3) is 3.14. The smallest absolute Gasteiger partial charge is 0.320 e. The van der Waals surface area contributed by atoms with Gasteiger partial charge in [-0.05, 0) is 35.0 Å². The van der Waals surface area contributed by atoms with Gasteiger partial charge in [0.25, 0.3) is 5.91 Å². The van der Waals surface area contributed by atoms with Crippen LogP contribution in [0.4, 0.5) is 8.78 Å². The van der Waals surface area contributed by atoms with Gasteiger partial charge in [0.2, 0.25) is 0 Å². The topological polar surface area (TPSA) is 38.1 Å². The number of nitrogens with zero attached hydrogens (tertiary/aromatic N) is 3. The molecule has 3 aromatic carbocycles. The van der Waals surface area contributed by atoms with Crippen molar-refractivity contribution in [3.8, 4) is 0 Å². The van der Waals surface area contributed by atoms with Gasteiger partial charge >= 0.3 is 6.55 Å². The molecule has 0 radical (unpaired) electrons. The Morgan fingerprint density at radius 3 is 2.52 bits per heavy atom. The molecule has 0 aliphatic heterocycles. The quantitative estimate of drug-likeness (QED) is 0.518. The third-order valence-electron chi connectivity index (χ3n) is 4.59. The van der Waals surface area contributed by atoms with E-state index >= 15 is 0 Å². The van der Waals surface area contributed by atoms with Gasteiger partial charge < -0.3 is 4.90 Å². The van der Waals surface area contributed by atoms with Crippen LogP contribution in [0.2, 0.25) is 0 Å². The van der Waals surface area contributed by atoms with Crippen LogP contribution in [-0.2, 0) is 6.54 Å². The van der Waals surface area contributed by atoms with Gasteiger partial charge in [-0.25, -0.2) is 4.98 Å². The maximum Gasteiger partial charge on any atom is 0.320 e. The number of imidazole rings is 1. The van der Waals surface area contributed by atoms with Crippen LogP contribution in [-0.4, -0.2) is 27.4 Å². The Hall–Kier alpha value is -3.28. The SMILES string of the molecule is CN(Cc1nc2ccccc2n1C(F)F)C(=O)c1ccc2ccccc2c1. The van der Waals surface area contributed by atoms with Gasteiger partial charge in [-0.3, -0.25) is 9.36 Å². The summed E-state index contributed by atoms with van der Waals surface area (Å²) in [5, 5.41) is 1.99. The Morgan fingerprint density at radius 1 is 1.04 bits per heavy atom. The number of carbonyl (C=O) groups excluding carboxylic acids is 1. The molecule has 0 saturated heterocycles. The molecule has 0 spiro atoms. The number of rotatable bonds is 4. The Morgan fingerprint density at radius 2 is 1.74 bits per heavy atom. The summed E-state index contributed by atoms with van der Waals surface area (Å²) in [6.07, 6.45) is 0. The molecule has 1 heterocycles. The predicted octanol–water partition coefficient (Wildman–Crippen LogP) is 4.86. The zero-order valence-corrected chi connectivity index (χ0v) is 14.6. The monoisotopic (exact) mass is 365 g/mol. The Bertz CT molecular complexity index is 1140. The van der Waals surface area contributed by atoms with Crippen molar-refractivity contribution in [3.63, 3.8) is 0 Å². The van der Waals surface area contributed by atoms with Gasteiger partial charge in [-0.2, -0.15) is 8.78 Å². The number of hydrogen-bond donors (Lipinski definition) is 0. The van der Waals surface area contributed by atoms with Gasteiger partial charge in [-0.15, -0.1) is 0 Å². The zero-order valence-electron chi connectivity index (χ0n) is 14.6. The molecule has 0 N–H and O–H groups in total. The zero-order chi connectivity index (χ0) is 19.0. The predicted molar refractivity (Wildman–Crippen MR) is 101 cm³/mol. The summed E-state index contributed by atoms with van der Waals surface area (Å²) < 4.78 is 28.0. The Balaban J connectivity index is 1.65. The molecule has 0 atom stereocenters. The van der Waals surface area contributed by atoms with E-state index in [0.717, 1.165) is 15.3 Å². The highest BCUT2D eigenvalue weighted by Crippen LogP contribution is 2.24. The van der Waals surface area contributed by atoms with E-state index in [2.05, 4.69) is 4.98 Å². The fourth-order valence-corrected chi connectivity index (χ4v) is 3.25. The first-order chi connectivity index (χ1) is 13.0. The minimum atomic E-state index is -2.73. The van der Waals surface area contributed by atoms with Crippen LogP contribution >= 0.6 is 0 Å². The van der Waals surface area contributed by atoms with Crippen LogP contribution in [0, 0.1) is 0 Å². The fourth-order valence-electron chi connectivity index (χ4n) is 3.25. The van der Waals surface area contributed by atoms with Gasteiger partial charge in [0.05, 0.1) is 17.6 Å². The number of aromatic nitrogens is 2. The van der Waals surface area contributed by atoms with Crippen LogP contribution < -0.4 is 0 Å². The van der Waals surface area contributed by atoms with Crippen molar-refractivity contribution in [2.75, 3.05) is 7.05 Å². The lowest BCUT2D eigenvalue weighted by molar-refractivity contribution is 0.0646. The normalized spacial score (nSPS) is 11.4. The average Bonchev–Trinajstić information content (AvgIpc) is 3.04. The summed E-state index contributed by atoms with van der Waals surface area (Å²) in [5.41, 5.74) is 1.35. The Kier molecular flexibility index (Phi) is 4.32. The minimum Gasteiger partial charge on any atom is -0.334 e. The summed E-state index contributed by atoms with van der Waals surface area (Å²) in [7, 11) is 1.59. The summed E-state index contributed by atoms with van der Waals surface area (Å²) in [4.78, 5) is 18.5. The first-order valence-electron chi connectivity index (χ1n) is 8.53. The third-order valence-corrected chi connectivity index (χ3v) is 4.59. The molecule has 4 aromatic rings. The molecule has 136 valence electrons. The molecule has 0 bridgehead atoms. The second kappa shape index (κ2) is 6.79. The summed E-state index contributed by atoms with van der Waals surface area (Å²) >= 11 is 0. The molecule has 0 saturated carbocycles. The lowest BCUT2D eigenvalue weighted by atomic mass is 10.1. The molecule has 6 heteroatoms. The molecule has 0 aliphatic carbocycles. The number of hydrogen-bond acceptors (Lipinski definition) is 2. The lowest BCUT2D eigenvalue weighted by Crippen LogP contribution is -2.27. The number of fused-ring (bicyclic) bond motifs is 2. The molecule has 4 rings (SSSR count). The Labute approximate surface area is 154 Å². The van der Waals surface area contributed by atoms with Crippen molar-refractivity contribution in [2.24, 2.45) is 0 Å². The van der Waals surface area contributed by atoms with Crippen molar-refractivity contribution in [2.45, 2.75) is 13.1 Å². The van der Waals surface area contributed by atoms with E-state index in [1.54, 1.807) is 37.4 Å². The molecule has 0 aliphatic rings. The first-order valence-corrected chi connectivity index (χ1v) is 8.53. The summed E-state index contributed by atoms with van der Waals surface area (Å²) in [6, 6.07) is 19.9. The second-order valence-electron chi connectivity index (χ2n) is 6.39. The summed E-state index contributed by atoms with van der Waals surface area (Å²) in [6.45, 7) is -2.73. The number of alkyl halides is 2. The van der Waals surface area contributed by atoms with Gasteiger partial charge in [0.15, 0.2) is 0 Å². The second-order valence-corrected chi connectivity index (χ2v) is 6.39. The standard InChI is InChI=1S/C21H17F2N3O/c1-25(20(27)16-11-10-14-6-2-3-7-15(14)12-16)13-19-24-17-8-4-5-9-18(17)26(19)21(22)23/h2-12,21H,13H2,1H3. The highest BCUT2D eigenvalue weighted by Gasteiger charge is 2.21. The number of carbonyl (C=O) groups is 1. The van der Waals surface area contributed by atoms with Crippen molar-refractivity contribution in [1.82, 2.24) is 14.5 Å². The van der Waals surface area contributed by atoms with E-state index in [1.165, 1.54) is 4.90 Å². The van der Waals surface area contributed by atoms with Crippen LogP contribution in [0.3, 0.4) is 0 Å². The van der Waals surface area contributed by atoms with Crippen molar-refractivity contribution < 1.29 is 13.6 Å². The fraction of sp³-hybridized carbons (Fsp3) is 0.143. The molecule has 27 heavy (non-hydrogen) atoms. The molecular weight excluding hydrogens is 348 g/mol.